The Morgan fingerprint density at radius 2 is 1.67 bits per heavy atom. The van der Waals surface area contributed by atoms with Crippen LogP contribution in [0.2, 0.25) is 0 Å². The van der Waals surface area contributed by atoms with Crippen LogP contribution < -0.4 is 14.2 Å². The van der Waals surface area contributed by atoms with Gasteiger partial charge in [0, 0.05) is 11.1 Å². The summed E-state index contributed by atoms with van der Waals surface area (Å²) < 4.78 is 18.6. The van der Waals surface area contributed by atoms with E-state index in [1.54, 1.807) is 6.07 Å². The fourth-order valence-corrected chi connectivity index (χ4v) is 4.80. The summed E-state index contributed by atoms with van der Waals surface area (Å²) in [5.74, 6) is 0.921. The molecule has 0 aromatic heterocycles. The maximum atomic E-state index is 13.4. The molecule has 1 atom stereocenters. The maximum absolute atomic E-state index is 13.4. The number of carbonyl (C=O) groups is 1. The van der Waals surface area contributed by atoms with Crippen LogP contribution in [0.1, 0.15) is 86.7 Å². The molecule has 3 heterocycles. The average Bonchev–Trinajstić information content (AvgIpc) is 2.77. The molecule has 0 radical (unpaired) electrons. The molecule has 0 spiro atoms. The lowest BCUT2D eigenvalue weighted by Crippen LogP contribution is -2.30. The van der Waals surface area contributed by atoms with Crippen molar-refractivity contribution in [2.45, 2.75) is 71.7 Å². The molecule has 6 nitrogen and oxygen atoms in total. The number of carbonyl (C=O) groups excluding carboxylic acids is 1. The van der Waals surface area contributed by atoms with Crippen molar-refractivity contribution in [1.82, 2.24) is 0 Å². The van der Waals surface area contributed by atoms with Crippen molar-refractivity contribution in [3.63, 3.8) is 0 Å². The highest BCUT2D eigenvalue weighted by atomic mass is 16.5. The van der Waals surface area contributed by atoms with Gasteiger partial charge in [-0.25, -0.2) is 0 Å². The highest BCUT2D eigenvalue weighted by Gasteiger charge is 2.38. The molecule has 3 aliphatic rings. The zero-order valence-electron chi connectivity index (χ0n) is 21.6. The summed E-state index contributed by atoms with van der Waals surface area (Å²) in [6.07, 6.45) is 9.48. The number of hydrogen-bond acceptors (Lipinski definition) is 6. The van der Waals surface area contributed by atoms with Gasteiger partial charge in [0.25, 0.3) is 0 Å². The second-order valence-electron chi connectivity index (χ2n) is 11.0. The van der Waals surface area contributed by atoms with Crippen LogP contribution in [0.5, 0.6) is 28.7 Å². The van der Waals surface area contributed by atoms with Gasteiger partial charge < -0.3 is 24.4 Å². The fourth-order valence-electron chi connectivity index (χ4n) is 4.80. The Morgan fingerprint density at radius 1 is 1.00 bits per heavy atom. The number of aromatic hydroxyl groups is 2. The van der Waals surface area contributed by atoms with Crippen LogP contribution in [0, 0.1) is 0 Å². The Bertz CT molecular complexity index is 1370. The van der Waals surface area contributed by atoms with E-state index in [0.717, 1.165) is 11.1 Å². The van der Waals surface area contributed by atoms with Gasteiger partial charge in [-0.3, -0.25) is 4.79 Å². The second kappa shape index (κ2) is 8.19. The molecule has 2 aromatic carbocycles. The quantitative estimate of drug-likeness (QED) is 0.469. The normalized spacial score (nSPS) is 20.3. The smallest absolute Gasteiger partial charge is 0.174 e. The van der Waals surface area contributed by atoms with E-state index in [9.17, 15) is 15.0 Å². The Kier molecular flexibility index (Phi) is 5.47. The van der Waals surface area contributed by atoms with Crippen LogP contribution in [0.3, 0.4) is 0 Å². The van der Waals surface area contributed by atoms with E-state index >= 15 is 0 Å². The molecule has 2 N–H and O–H groups in total. The standard InChI is InChI=1S/C30H32O6/c1-16(2)7-8-19-25(33)24-21(31)15-23(34-28(24)20-10-12-30(5,6)36-27(19)20)18-13-17-9-11-29(3,4)35-26(17)22(32)14-18/h7,9-14,23,32-33H,8,15H2,1-6H3/t23-/m0/s1. The van der Waals surface area contributed by atoms with E-state index in [1.807, 2.05) is 78.0 Å². The van der Waals surface area contributed by atoms with E-state index in [0.29, 0.717) is 40.4 Å². The molecule has 6 heteroatoms. The molecule has 0 aliphatic carbocycles. The summed E-state index contributed by atoms with van der Waals surface area (Å²) in [4.78, 5) is 13.4. The first-order valence-corrected chi connectivity index (χ1v) is 12.2. The largest absolute Gasteiger partial charge is 0.507 e. The number of Topliss-reactive ketones (excluding diaryl/α,β-unsaturated/α-hetero) is 1. The maximum Gasteiger partial charge on any atom is 0.174 e. The molecule has 0 saturated heterocycles. The van der Waals surface area contributed by atoms with Gasteiger partial charge in [-0.05, 0) is 83.9 Å². The lowest BCUT2D eigenvalue weighted by atomic mass is 9.87. The van der Waals surface area contributed by atoms with Crippen molar-refractivity contribution in [1.29, 1.82) is 0 Å². The number of phenols is 2. The van der Waals surface area contributed by atoms with Crippen molar-refractivity contribution in [2.24, 2.45) is 0 Å². The molecule has 0 fully saturated rings. The van der Waals surface area contributed by atoms with Crippen LogP contribution in [0.15, 0.2) is 35.9 Å². The first kappa shape index (κ1) is 24.0. The number of hydrogen-bond donors (Lipinski definition) is 2. The van der Waals surface area contributed by atoms with Crippen LogP contribution in [0.4, 0.5) is 0 Å². The number of ketones is 1. The number of fused-ring (bicyclic) bond motifs is 4. The molecule has 0 bridgehead atoms. The molecule has 0 unspecified atom stereocenters. The SMILES string of the molecule is CC(C)=CCc1c(O)c2c(c3c1OC(C)(C)C=C3)O[C@H](c1cc(O)c3c(c1)C=CC(C)(C)O3)CC2=O. The van der Waals surface area contributed by atoms with Crippen LogP contribution in [-0.4, -0.2) is 27.2 Å². The second-order valence-corrected chi connectivity index (χ2v) is 11.0. The molecular formula is C30H32O6. The predicted molar refractivity (Wildman–Crippen MR) is 139 cm³/mol. The fraction of sp³-hybridized carbons (Fsp3) is 0.367. The summed E-state index contributed by atoms with van der Waals surface area (Å²) in [5.41, 5.74) is 2.78. The van der Waals surface area contributed by atoms with Crippen molar-refractivity contribution in [2.75, 3.05) is 0 Å². The van der Waals surface area contributed by atoms with Gasteiger partial charge in [0.05, 0.1) is 12.0 Å². The first-order valence-electron chi connectivity index (χ1n) is 12.2. The third-order valence-electron chi connectivity index (χ3n) is 6.68. The van der Waals surface area contributed by atoms with E-state index in [1.165, 1.54) is 0 Å². The van der Waals surface area contributed by atoms with Crippen LogP contribution in [-0.2, 0) is 6.42 Å². The van der Waals surface area contributed by atoms with Gasteiger partial charge in [0.1, 0.15) is 40.1 Å². The summed E-state index contributed by atoms with van der Waals surface area (Å²) in [6.45, 7) is 11.7. The third kappa shape index (κ3) is 4.15. The molecule has 36 heavy (non-hydrogen) atoms. The molecule has 3 aliphatic heterocycles. The van der Waals surface area contributed by atoms with Gasteiger partial charge in [-0.15, -0.1) is 0 Å². The Labute approximate surface area is 211 Å². The first-order chi connectivity index (χ1) is 16.8. The lowest BCUT2D eigenvalue weighted by molar-refractivity contribution is 0.0840. The average molecular weight is 489 g/mol. The highest BCUT2D eigenvalue weighted by Crippen LogP contribution is 2.52. The van der Waals surface area contributed by atoms with Crippen molar-refractivity contribution in [3.8, 4) is 28.7 Å². The van der Waals surface area contributed by atoms with Gasteiger partial charge in [-0.1, -0.05) is 17.7 Å². The Balaban J connectivity index is 1.61. The van der Waals surface area contributed by atoms with Crippen molar-refractivity contribution in [3.05, 3.63) is 63.8 Å². The van der Waals surface area contributed by atoms with Crippen molar-refractivity contribution < 1.29 is 29.2 Å². The molecular weight excluding hydrogens is 456 g/mol. The minimum Gasteiger partial charge on any atom is -0.507 e. The van der Waals surface area contributed by atoms with Crippen molar-refractivity contribution >= 4 is 17.9 Å². The molecule has 188 valence electrons. The third-order valence-corrected chi connectivity index (χ3v) is 6.68. The molecule has 0 saturated carbocycles. The highest BCUT2D eigenvalue weighted by molar-refractivity contribution is 6.05. The van der Waals surface area contributed by atoms with E-state index in [-0.39, 0.29) is 29.3 Å². The predicted octanol–water partition coefficient (Wildman–Crippen LogP) is 6.68. The summed E-state index contributed by atoms with van der Waals surface area (Å²) in [5, 5.41) is 22.0. The zero-order valence-corrected chi connectivity index (χ0v) is 21.6. The monoisotopic (exact) mass is 488 g/mol. The number of rotatable bonds is 3. The number of benzene rings is 2. The summed E-state index contributed by atoms with van der Waals surface area (Å²) in [6, 6.07) is 3.45. The molecule has 2 aromatic rings. The lowest BCUT2D eigenvalue weighted by Gasteiger charge is -2.35. The van der Waals surface area contributed by atoms with E-state index < -0.39 is 17.3 Å². The Morgan fingerprint density at radius 3 is 2.36 bits per heavy atom. The summed E-state index contributed by atoms with van der Waals surface area (Å²) >= 11 is 0. The summed E-state index contributed by atoms with van der Waals surface area (Å²) in [7, 11) is 0. The van der Waals surface area contributed by atoms with Crippen LogP contribution >= 0.6 is 0 Å². The van der Waals surface area contributed by atoms with E-state index in [4.69, 9.17) is 14.2 Å². The minimum atomic E-state index is -0.639. The number of ether oxygens (including phenoxy) is 3. The number of phenolic OH excluding ortho intramolecular Hbond substituents is 2. The van der Waals surface area contributed by atoms with E-state index in [2.05, 4.69) is 0 Å². The van der Waals surface area contributed by atoms with Crippen LogP contribution in [0.25, 0.3) is 12.2 Å². The topological polar surface area (TPSA) is 85.2 Å². The van der Waals surface area contributed by atoms with Gasteiger partial charge in [-0.2, -0.15) is 0 Å². The minimum absolute atomic E-state index is 0.00584. The Hall–Kier alpha value is -3.67. The van der Waals surface area contributed by atoms with Gasteiger partial charge in [0.2, 0.25) is 0 Å². The van der Waals surface area contributed by atoms with Gasteiger partial charge in [0.15, 0.2) is 17.3 Å². The number of allylic oxidation sites excluding steroid dienone is 2. The molecule has 0 amide bonds. The van der Waals surface area contributed by atoms with Gasteiger partial charge >= 0.3 is 0 Å². The zero-order chi connectivity index (χ0) is 26.0. The molecule has 5 rings (SSSR count).